The average Bonchev–Trinajstić information content (AvgIpc) is 2.19. The second-order valence-electron chi connectivity index (χ2n) is 1.75. The number of alkyl halides is 1. The average molecular weight is 334 g/mol. The van der Waals surface area contributed by atoms with E-state index < -0.39 is 13.5 Å². The summed E-state index contributed by atoms with van der Waals surface area (Å²) in [5, 5.41) is 0. The number of rotatable bonds is 3. The van der Waals surface area contributed by atoms with Gasteiger partial charge in [-0.2, -0.15) is 0 Å². The van der Waals surface area contributed by atoms with E-state index in [1.807, 2.05) is 6.92 Å². The van der Waals surface area contributed by atoms with Gasteiger partial charge in [0.1, 0.15) is 6.72 Å². The van der Waals surface area contributed by atoms with Crippen molar-refractivity contribution in [3.05, 3.63) is 0 Å². The standard InChI is InChI=1S/C2H5Cl.C2H7O3PS.CH5O3PS/c1-2-3;1-5-6(3,4)7-2;1-4-5(2,3)6/h2H2,1H3;1-2H3,(H,3,4);1H3,(H2,2,3,6)/p-1. The van der Waals surface area contributed by atoms with Gasteiger partial charge in [-0.1, -0.05) is 18.7 Å². The molecule has 0 aliphatic carbocycles. The lowest BCUT2D eigenvalue weighted by atomic mass is 11.0. The summed E-state index contributed by atoms with van der Waals surface area (Å²) in [6.07, 6.45) is 1.52. The van der Waals surface area contributed by atoms with Crippen molar-refractivity contribution in [2.75, 3.05) is 26.4 Å². The second-order valence-corrected chi connectivity index (χ2v) is 9.12. The van der Waals surface area contributed by atoms with Crippen LogP contribution in [0.2, 0.25) is 0 Å². The lowest BCUT2D eigenvalue weighted by Crippen LogP contribution is -1.98. The van der Waals surface area contributed by atoms with Gasteiger partial charge in [0.05, 0.1) is 0 Å². The Morgan fingerprint density at radius 2 is 1.69 bits per heavy atom. The topological polar surface area (TPSA) is 99.1 Å². The normalized spacial score (nSPS) is 16.8. The van der Waals surface area contributed by atoms with E-state index in [1.54, 1.807) is 0 Å². The molecule has 16 heavy (non-hydrogen) atoms. The van der Waals surface area contributed by atoms with Crippen LogP contribution in [0, 0.1) is 0 Å². The minimum absolute atomic E-state index is 0.722. The fourth-order valence-electron chi connectivity index (χ4n) is 0.0745. The highest BCUT2D eigenvalue weighted by molar-refractivity contribution is 8.54. The molecule has 0 amide bonds. The van der Waals surface area contributed by atoms with Crippen LogP contribution in [-0.2, 0) is 25.4 Å². The van der Waals surface area contributed by atoms with E-state index in [4.69, 9.17) is 21.4 Å². The van der Waals surface area contributed by atoms with Gasteiger partial charge >= 0.3 is 6.80 Å². The third-order valence-electron chi connectivity index (χ3n) is 0.692. The molecule has 0 saturated heterocycles. The molecule has 0 aromatic rings. The summed E-state index contributed by atoms with van der Waals surface area (Å²) >= 11 is 9.69. The summed E-state index contributed by atoms with van der Waals surface area (Å²) in [5.74, 6) is 0.722. The fraction of sp³-hybridized carbons (Fsp3) is 1.00. The highest BCUT2D eigenvalue weighted by Gasteiger charge is 2.12. The molecule has 0 saturated carbocycles. The molecule has 2 unspecified atom stereocenters. The van der Waals surface area contributed by atoms with Crippen molar-refractivity contribution in [3.63, 3.8) is 0 Å². The van der Waals surface area contributed by atoms with Crippen LogP contribution in [0.5, 0.6) is 0 Å². The first kappa shape index (κ1) is 22.5. The third kappa shape index (κ3) is 29.5. The van der Waals surface area contributed by atoms with E-state index in [0.717, 1.165) is 24.4 Å². The number of hydrogen-bond donors (Lipinski definition) is 2. The lowest BCUT2D eigenvalue weighted by Gasteiger charge is -2.15. The minimum atomic E-state index is -3.56. The fourth-order valence-corrected chi connectivity index (χ4v) is 0.671. The summed E-state index contributed by atoms with van der Waals surface area (Å²) in [6, 6.07) is 0. The molecule has 0 aliphatic heterocycles. The predicted octanol–water partition coefficient (Wildman–Crippen LogP) is 1.55. The van der Waals surface area contributed by atoms with Crippen molar-refractivity contribution < 1.29 is 28.3 Å². The van der Waals surface area contributed by atoms with E-state index in [0.29, 0.717) is 0 Å². The first-order valence-electron chi connectivity index (χ1n) is 3.69. The summed E-state index contributed by atoms with van der Waals surface area (Å²) in [4.78, 5) is 26.1. The van der Waals surface area contributed by atoms with E-state index >= 15 is 0 Å². The quantitative estimate of drug-likeness (QED) is 0.593. The Balaban J connectivity index is -0.000000172. The Morgan fingerprint density at radius 3 is 1.69 bits per heavy atom. The molecule has 102 valence electrons. The molecule has 11 heteroatoms. The van der Waals surface area contributed by atoms with Gasteiger partial charge in [0.2, 0.25) is 0 Å². The predicted molar refractivity (Wildman–Crippen MR) is 70.3 cm³/mol. The molecule has 0 heterocycles. The maximum atomic E-state index is 10.2. The molecule has 0 aliphatic rings. The highest BCUT2D eigenvalue weighted by Crippen LogP contribution is 2.52. The van der Waals surface area contributed by atoms with Gasteiger partial charge in [-0.3, -0.25) is 0 Å². The molecule has 6 nitrogen and oxygen atoms in total. The van der Waals surface area contributed by atoms with Gasteiger partial charge in [0.15, 0.2) is 0 Å². The van der Waals surface area contributed by atoms with Crippen LogP contribution in [0.4, 0.5) is 0 Å². The van der Waals surface area contributed by atoms with E-state index in [-0.39, 0.29) is 0 Å². The maximum absolute atomic E-state index is 10.2. The molecule has 2 N–H and O–H groups in total. The van der Waals surface area contributed by atoms with Crippen LogP contribution in [-0.4, -0.2) is 36.1 Å². The first-order chi connectivity index (χ1) is 7.10. The monoisotopic (exact) mass is 333 g/mol. The number of halogens is 1. The molecule has 0 aromatic heterocycles. The van der Waals surface area contributed by atoms with E-state index in [1.165, 1.54) is 13.4 Å². The first-order valence-corrected chi connectivity index (χ1v) is 10.2. The summed E-state index contributed by atoms with van der Waals surface area (Å²) in [5.41, 5.74) is 0. The zero-order valence-electron chi connectivity index (χ0n) is 9.32. The molecule has 0 bridgehead atoms. The van der Waals surface area contributed by atoms with Crippen molar-refractivity contribution in [1.82, 2.24) is 0 Å². The molecule has 0 rings (SSSR count). The Kier molecular flexibility index (Phi) is 18.0. The van der Waals surface area contributed by atoms with Crippen molar-refractivity contribution in [3.8, 4) is 0 Å². The van der Waals surface area contributed by atoms with E-state index in [2.05, 4.69) is 20.9 Å². The van der Waals surface area contributed by atoms with Crippen LogP contribution >= 0.6 is 36.5 Å². The van der Waals surface area contributed by atoms with Crippen LogP contribution in [0.1, 0.15) is 6.92 Å². The summed E-state index contributed by atoms with van der Waals surface area (Å²) in [6.45, 7) is -4.91. The highest BCUT2D eigenvalue weighted by atomic mass is 35.5. The molecular weight excluding hydrogens is 318 g/mol. The van der Waals surface area contributed by atoms with Gasteiger partial charge in [-0.05, 0) is 17.6 Å². The Morgan fingerprint density at radius 1 is 1.44 bits per heavy atom. The zero-order chi connectivity index (χ0) is 13.8. The third-order valence-corrected chi connectivity index (χ3v) is 4.36. The van der Waals surface area contributed by atoms with Crippen LogP contribution < -0.4 is 4.89 Å². The van der Waals surface area contributed by atoms with Crippen molar-refractivity contribution in [2.24, 2.45) is 0 Å². The van der Waals surface area contributed by atoms with E-state index in [9.17, 15) is 9.46 Å². The minimum Gasteiger partial charge on any atom is -0.780 e. The smallest absolute Gasteiger partial charge is 0.386 e. The molecular formula is C5H16ClO6P2S2-. The Labute approximate surface area is 110 Å². The van der Waals surface area contributed by atoms with Crippen LogP contribution in [0.15, 0.2) is 0 Å². The molecule has 0 fully saturated rings. The van der Waals surface area contributed by atoms with Gasteiger partial charge in [0.25, 0.3) is 0 Å². The zero-order valence-corrected chi connectivity index (χ0v) is 13.5. The number of hydrogen-bond acceptors (Lipinski definition) is 6. The lowest BCUT2D eigenvalue weighted by molar-refractivity contribution is -0.199. The van der Waals surface area contributed by atoms with Crippen molar-refractivity contribution >= 4 is 48.3 Å². The van der Waals surface area contributed by atoms with Crippen LogP contribution in [0.3, 0.4) is 0 Å². The summed E-state index contributed by atoms with van der Waals surface area (Å²) < 4.78 is 18.3. The second kappa shape index (κ2) is 12.8. The van der Waals surface area contributed by atoms with Gasteiger partial charge < -0.3 is 23.7 Å². The Bertz CT molecular complexity index is 227. The van der Waals surface area contributed by atoms with Gasteiger partial charge in [0, 0.05) is 20.1 Å². The Hall–Kier alpha value is 1.32. The largest absolute Gasteiger partial charge is 0.780 e. The van der Waals surface area contributed by atoms with Crippen molar-refractivity contribution in [1.29, 1.82) is 0 Å². The molecule has 0 radical (unpaired) electrons. The van der Waals surface area contributed by atoms with Crippen LogP contribution in [0.25, 0.3) is 0 Å². The molecule has 0 spiro atoms. The van der Waals surface area contributed by atoms with Crippen molar-refractivity contribution in [2.45, 2.75) is 6.92 Å². The maximum Gasteiger partial charge on any atom is 0.386 e. The van der Waals surface area contributed by atoms with Gasteiger partial charge in [-0.25, -0.2) is 4.57 Å². The summed E-state index contributed by atoms with van der Waals surface area (Å²) in [7, 11) is 2.30. The molecule has 2 atom stereocenters. The van der Waals surface area contributed by atoms with Gasteiger partial charge in [-0.15, -0.1) is 11.6 Å². The SMILES string of the molecule is CCCl.COP(=O)(O)SC.COP([O-])(O)=S. The molecule has 0 aromatic carbocycles.